The maximum absolute atomic E-state index is 12.1. The van der Waals surface area contributed by atoms with Crippen LogP contribution in [0.1, 0.15) is 31.2 Å². The van der Waals surface area contributed by atoms with Crippen LogP contribution in [0, 0.1) is 0 Å². The van der Waals surface area contributed by atoms with E-state index < -0.39 is 24.5 Å². The first-order valence-corrected chi connectivity index (χ1v) is 12.5. The third kappa shape index (κ3) is 13.1. The van der Waals surface area contributed by atoms with Crippen molar-refractivity contribution in [2.75, 3.05) is 33.0 Å². The summed E-state index contributed by atoms with van der Waals surface area (Å²) < 4.78 is 26.3. The lowest BCUT2D eigenvalue weighted by molar-refractivity contribution is -0.140. The van der Waals surface area contributed by atoms with Gasteiger partial charge >= 0.3 is 17.9 Å². The molecule has 0 radical (unpaired) electrons. The van der Waals surface area contributed by atoms with Crippen molar-refractivity contribution in [1.82, 2.24) is 0 Å². The molecular formula is C30H34O9. The minimum absolute atomic E-state index is 0.0164. The molecule has 2 aromatic carbocycles. The van der Waals surface area contributed by atoms with Crippen molar-refractivity contribution in [3.8, 4) is 17.2 Å². The second-order valence-corrected chi connectivity index (χ2v) is 8.18. The van der Waals surface area contributed by atoms with Crippen molar-refractivity contribution in [2.45, 2.75) is 25.7 Å². The normalized spacial score (nSPS) is 10.5. The highest BCUT2D eigenvalue weighted by Gasteiger charge is 2.07. The first kappa shape index (κ1) is 30.9. The zero-order valence-electron chi connectivity index (χ0n) is 21.8. The Balaban J connectivity index is 1.63. The average molecular weight is 539 g/mol. The van der Waals surface area contributed by atoms with Gasteiger partial charge in [-0.15, -0.1) is 0 Å². The SMILES string of the molecule is C=CC(=O)OCCCCCCOc1ccc(OC(=O)/C=C/c2ccc(OCCOC(=O)C(=C)CO)cc2)cc1. The molecule has 9 nitrogen and oxygen atoms in total. The smallest absolute Gasteiger partial charge is 0.336 e. The number of carbonyl (C=O) groups is 3. The van der Waals surface area contributed by atoms with Crippen LogP contribution in [0.15, 0.2) is 79.4 Å². The number of hydrogen-bond acceptors (Lipinski definition) is 9. The number of hydrogen-bond donors (Lipinski definition) is 1. The van der Waals surface area contributed by atoms with Crippen LogP contribution < -0.4 is 14.2 Å². The van der Waals surface area contributed by atoms with E-state index in [-0.39, 0.29) is 18.8 Å². The Labute approximate surface area is 228 Å². The molecule has 0 saturated heterocycles. The van der Waals surface area contributed by atoms with Gasteiger partial charge in [0.25, 0.3) is 0 Å². The predicted molar refractivity (Wildman–Crippen MR) is 145 cm³/mol. The average Bonchev–Trinajstić information content (AvgIpc) is 2.96. The van der Waals surface area contributed by atoms with Crippen LogP contribution in [0.25, 0.3) is 6.08 Å². The molecule has 0 fully saturated rings. The first-order chi connectivity index (χ1) is 18.9. The zero-order chi connectivity index (χ0) is 28.3. The highest BCUT2D eigenvalue weighted by molar-refractivity contribution is 5.89. The molecule has 0 aromatic heterocycles. The van der Waals surface area contributed by atoms with Gasteiger partial charge in [0.15, 0.2) is 0 Å². The van der Waals surface area contributed by atoms with Crippen LogP contribution in [0.2, 0.25) is 0 Å². The molecule has 2 rings (SSSR count). The van der Waals surface area contributed by atoms with E-state index in [1.165, 1.54) is 6.08 Å². The molecule has 0 unspecified atom stereocenters. The molecule has 0 spiro atoms. The molecular weight excluding hydrogens is 504 g/mol. The molecule has 0 aliphatic heterocycles. The van der Waals surface area contributed by atoms with Crippen molar-refractivity contribution >= 4 is 24.0 Å². The van der Waals surface area contributed by atoms with E-state index in [1.54, 1.807) is 54.6 Å². The number of aliphatic hydroxyl groups excluding tert-OH is 1. The quantitative estimate of drug-likeness (QED) is 0.127. The van der Waals surface area contributed by atoms with E-state index in [2.05, 4.69) is 13.2 Å². The number of rotatable bonds is 18. The van der Waals surface area contributed by atoms with Gasteiger partial charge < -0.3 is 28.8 Å². The molecule has 2 aromatic rings. The third-order valence-electron chi connectivity index (χ3n) is 5.12. The number of unbranched alkanes of at least 4 members (excludes halogenated alkanes) is 3. The van der Waals surface area contributed by atoms with Crippen LogP contribution >= 0.6 is 0 Å². The second-order valence-electron chi connectivity index (χ2n) is 8.18. The van der Waals surface area contributed by atoms with Crippen molar-refractivity contribution in [2.24, 2.45) is 0 Å². The summed E-state index contributed by atoms with van der Waals surface area (Å²) in [6.45, 7) is 7.41. The molecule has 9 heteroatoms. The fourth-order valence-electron chi connectivity index (χ4n) is 3.03. The van der Waals surface area contributed by atoms with E-state index in [9.17, 15) is 14.4 Å². The number of carbonyl (C=O) groups excluding carboxylic acids is 3. The minimum Gasteiger partial charge on any atom is -0.494 e. The van der Waals surface area contributed by atoms with Gasteiger partial charge in [-0.05, 0) is 73.7 Å². The van der Waals surface area contributed by atoms with Gasteiger partial charge in [-0.2, -0.15) is 0 Å². The van der Waals surface area contributed by atoms with Gasteiger partial charge in [-0.25, -0.2) is 14.4 Å². The van der Waals surface area contributed by atoms with Gasteiger partial charge in [0.1, 0.15) is 30.5 Å². The monoisotopic (exact) mass is 538 g/mol. The summed E-state index contributed by atoms with van der Waals surface area (Å²) in [5.74, 6) is 0.0704. The molecule has 208 valence electrons. The number of ether oxygens (including phenoxy) is 5. The highest BCUT2D eigenvalue weighted by atomic mass is 16.6. The minimum atomic E-state index is -0.664. The van der Waals surface area contributed by atoms with E-state index in [0.29, 0.717) is 30.5 Å². The van der Waals surface area contributed by atoms with Crippen LogP contribution in [-0.2, 0) is 23.9 Å². The standard InChI is InChI=1S/C30H34O9/c1-3-28(32)37-19-7-5-4-6-18-35-26-13-15-27(16-14-26)39-29(33)17-10-24-8-11-25(12-9-24)36-20-21-38-30(34)23(2)22-31/h3,8-17,31H,1-2,4-7,18-22H2/b17-10+. The van der Waals surface area contributed by atoms with Crippen LogP contribution in [0.4, 0.5) is 0 Å². The molecule has 0 amide bonds. The Morgan fingerprint density at radius 1 is 0.718 bits per heavy atom. The van der Waals surface area contributed by atoms with Crippen LogP contribution in [0.3, 0.4) is 0 Å². The van der Waals surface area contributed by atoms with E-state index in [1.807, 2.05) is 0 Å². The van der Waals surface area contributed by atoms with Gasteiger partial charge in [0, 0.05) is 12.2 Å². The summed E-state index contributed by atoms with van der Waals surface area (Å²) >= 11 is 0. The lowest BCUT2D eigenvalue weighted by Gasteiger charge is -2.08. The van der Waals surface area contributed by atoms with Crippen molar-refractivity contribution in [3.63, 3.8) is 0 Å². The van der Waals surface area contributed by atoms with E-state index in [4.69, 9.17) is 28.8 Å². The van der Waals surface area contributed by atoms with Gasteiger partial charge in [-0.3, -0.25) is 0 Å². The Bertz CT molecular complexity index is 1100. The lowest BCUT2D eigenvalue weighted by Crippen LogP contribution is -2.14. The molecule has 0 bridgehead atoms. The van der Waals surface area contributed by atoms with Crippen LogP contribution in [0.5, 0.6) is 17.2 Å². The predicted octanol–water partition coefficient (Wildman–Crippen LogP) is 4.44. The van der Waals surface area contributed by atoms with Crippen LogP contribution in [-0.4, -0.2) is 56.0 Å². The number of esters is 3. The van der Waals surface area contributed by atoms with E-state index >= 15 is 0 Å². The Morgan fingerprint density at radius 3 is 1.95 bits per heavy atom. The topological polar surface area (TPSA) is 118 Å². The summed E-state index contributed by atoms with van der Waals surface area (Å²) in [5, 5.41) is 8.82. The van der Waals surface area contributed by atoms with Gasteiger partial charge in [0.05, 0.1) is 25.4 Å². The van der Waals surface area contributed by atoms with E-state index in [0.717, 1.165) is 37.3 Å². The molecule has 39 heavy (non-hydrogen) atoms. The largest absolute Gasteiger partial charge is 0.494 e. The lowest BCUT2D eigenvalue weighted by atomic mass is 10.2. The third-order valence-corrected chi connectivity index (χ3v) is 5.12. The number of benzene rings is 2. The summed E-state index contributed by atoms with van der Waals surface area (Å²) in [4.78, 5) is 34.5. The highest BCUT2D eigenvalue weighted by Crippen LogP contribution is 2.19. The molecule has 0 aliphatic carbocycles. The Kier molecular flexibility index (Phi) is 14.2. The van der Waals surface area contributed by atoms with Gasteiger partial charge in [0.2, 0.25) is 0 Å². The summed E-state index contributed by atoms with van der Waals surface area (Å²) in [5.41, 5.74) is 0.753. The maximum Gasteiger partial charge on any atom is 0.336 e. The maximum atomic E-state index is 12.1. The molecule has 0 atom stereocenters. The summed E-state index contributed by atoms with van der Waals surface area (Å²) in [6, 6.07) is 13.8. The molecule has 0 heterocycles. The summed E-state index contributed by atoms with van der Waals surface area (Å²) in [6.07, 6.45) is 7.68. The Hall–Kier alpha value is -4.37. The Morgan fingerprint density at radius 2 is 1.31 bits per heavy atom. The van der Waals surface area contributed by atoms with Crippen molar-refractivity contribution < 1.29 is 43.2 Å². The fourth-order valence-corrected chi connectivity index (χ4v) is 3.03. The fraction of sp³-hybridized carbons (Fsp3) is 0.300. The van der Waals surface area contributed by atoms with Gasteiger partial charge in [-0.1, -0.05) is 25.3 Å². The zero-order valence-corrected chi connectivity index (χ0v) is 21.8. The molecule has 0 saturated carbocycles. The van der Waals surface area contributed by atoms with Crippen molar-refractivity contribution in [3.05, 3.63) is 85.0 Å². The first-order valence-electron chi connectivity index (χ1n) is 12.5. The summed E-state index contributed by atoms with van der Waals surface area (Å²) in [7, 11) is 0. The number of aliphatic hydroxyl groups is 1. The molecule has 1 N–H and O–H groups in total. The van der Waals surface area contributed by atoms with Crippen molar-refractivity contribution in [1.29, 1.82) is 0 Å². The molecule has 0 aliphatic rings. The second kappa shape index (κ2) is 18.0.